The van der Waals surface area contributed by atoms with Gasteiger partial charge >= 0.3 is 0 Å². The molecule has 0 saturated carbocycles. The second-order valence-electron chi connectivity index (χ2n) is 7.36. The van der Waals surface area contributed by atoms with Crippen LogP contribution in [0.15, 0.2) is 30.3 Å². The van der Waals surface area contributed by atoms with Crippen molar-refractivity contribution in [1.82, 2.24) is 10.3 Å². The molecule has 8 heteroatoms. The van der Waals surface area contributed by atoms with Crippen molar-refractivity contribution >= 4 is 55.8 Å². The standard InChI is InChI=1S/C23H25N3O3S2/c1-29-14-6-13-24-22(28)21-15-7-2-4-9-17(15)31-23(21)26-19(27)11-12-20-25-16-8-3-5-10-18(16)30-20/h3,5,8,10-12H,2,4,6-7,9,13-14H2,1H3,(H,24,28)(H,26,27)/b12-11+. The molecule has 162 valence electrons. The number of ether oxygens (including phenoxy) is 1. The fourth-order valence-electron chi connectivity index (χ4n) is 3.66. The number of aryl methyl sites for hydroxylation is 1. The zero-order valence-corrected chi connectivity index (χ0v) is 19.0. The molecule has 2 N–H and O–H groups in total. The van der Waals surface area contributed by atoms with Crippen molar-refractivity contribution in [3.8, 4) is 0 Å². The van der Waals surface area contributed by atoms with Crippen LogP contribution in [0.3, 0.4) is 0 Å². The van der Waals surface area contributed by atoms with E-state index in [2.05, 4.69) is 15.6 Å². The van der Waals surface area contributed by atoms with Gasteiger partial charge in [-0.25, -0.2) is 4.98 Å². The maximum absolute atomic E-state index is 12.9. The predicted molar refractivity (Wildman–Crippen MR) is 127 cm³/mol. The molecule has 1 aliphatic carbocycles. The summed E-state index contributed by atoms with van der Waals surface area (Å²) in [4.78, 5) is 31.3. The van der Waals surface area contributed by atoms with Gasteiger partial charge in [-0.05, 0) is 55.9 Å². The number of amides is 2. The first-order chi connectivity index (χ1) is 15.2. The lowest BCUT2D eigenvalue weighted by Crippen LogP contribution is -2.27. The Bertz CT molecular complexity index is 1080. The molecular formula is C23H25N3O3S2. The highest BCUT2D eigenvalue weighted by Crippen LogP contribution is 2.38. The summed E-state index contributed by atoms with van der Waals surface area (Å²) >= 11 is 3.06. The Kier molecular flexibility index (Phi) is 7.11. The number of aromatic nitrogens is 1. The SMILES string of the molecule is COCCCNC(=O)c1c(NC(=O)/C=C/c2nc3ccccc3s2)sc2c1CCCC2. The zero-order chi connectivity index (χ0) is 21.6. The minimum Gasteiger partial charge on any atom is -0.385 e. The molecule has 2 aromatic heterocycles. The van der Waals surface area contributed by atoms with E-state index in [1.54, 1.807) is 13.2 Å². The largest absolute Gasteiger partial charge is 0.385 e. The van der Waals surface area contributed by atoms with Crippen molar-refractivity contribution in [3.05, 3.63) is 51.4 Å². The number of carbonyl (C=O) groups excluding carboxylic acids is 2. The highest BCUT2D eigenvalue weighted by atomic mass is 32.1. The Morgan fingerprint density at radius 1 is 1.19 bits per heavy atom. The van der Waals surface area contributed by atoms with E-state index in [0.717, 1.165) is 52.9 Å². The summed E-state index contributed by atoms with van der Waals surface area (Å²) < 4.78 is 6.13. The van der Waals surface area contributed by atoms with E-state index < -0.39 is 0 Å². The van der Waals surface area contributed by atoms with Crippen LogP contribution in [-0.4, -0.2) is 37.1 Å². The van der Waals surface area contributed by atoms with Gasteiger partial charge in [0.1, 0.15) is 10.0 Å². The van der Waals surface area contributed by atoms with Crippen LogP contribution in [-0.2, 0) is 22.4 Å². The van der Waals surface area contributed by atoms with Crippen molar-refractivity contribution in [1.29, 1.82) is 0 Å². The third-order valence-electron chi connectivity index (χ3n) is 5.13. The first-order valence-electron chi connectivity index (χ1n) is 10.4. The fraction of sp³-hybridized carbons (Fsp3) is 0.348. The fourth-order valence-corrected chi connectivity index (χ4v) is 5.82. The van der Waals surface area contributed by atoms with Gasteiger partial charge in [-0.15, -0.1) is 22.7 Å². The Morgan fingerprint density at radius 3 is 2.87 bits per heavy atom. The molecule has 3 aromatic rings. The Morgan fingerprint density at radius 2 is 2.03 bits per heavy atom. The van der Waals surface area contributed by atoms with Gasteiger partial charge in [0.15, 0.2) is 0 Å². The van der Waals surface area contributed by atoms with Gasteiger partial charge in [0, 0.05) is 31.2 Å². The van der Waals surface area contributed by atoms with Crippen LogP contribution in [0, 0.1) is 0 Å². The molecule has 2 amide bonds. The summed E-state index contributed by atoms with van der Waals surface area (Å²) in [5, 5.41) is 7.32. The Balaban J connectivity index is 1.49. The quantitative estimate of drug-likeness (QED) is 0.383. The van der Waals surface area contributed by atoms with Crippen molar-refractivity contribution < 1.29 is 14.3 Å². The molecule has 6 nitrogen and oxygen atoms in total. The number of thiazole rings is 1. The van der Waals surface area contributed by atoms with Crippen LogP contribution < -0.4 is 10.6 Å². The van der Waals surface area contributed by atoms with Gasteiger partial charge in [0.2, 0.25) is 5.91 Å². The number of rotatable bonds is 8. The van der Waals surface area contributed by atoms with Gasteiger partial charge < -0.3 is 15.4 Å². The molecule has 31 heavy (non-hydrogen) atoms. The molecule has 0 unspecified atom stereocenters. The zero-order valence-electron chi connectivity index (χ0n) is 17.4. The molecule has 1 aliphatic rings. The molecule has 0 aliphatic heterocycles. The summed E-state index contributed by atoms with van der Waals surface area (Å²) in [6.07, 6.45) is 7.98. The number of fused-ring (bicyclic) bond motifs is 2. The van der Waals surface area contributed by atoms with E-state index >= 15 is 0 Å². The molecule has 2 heterocycles. The minimum atomic E-state index is -0.258. The highest BCUT2D eigenvalue weighted by Gasteiger charge is 2.25. The summed E-state index contributed by atoms with van der Waals surface area (Å²) in [5.41, 5.74) is 2.63. The first kappa shape index (κ1) is 21.7. The molecule has 4 rings (SSSR count). The van der Waals surface area contributed by atoms with Gasteiger partial charge in [-0.1, -0.05) is 12.1 Å². The van der Waals surface area contributed by atoms with Gasteiger partial charge in [0.05, 0.1) is 15.8 Å². The topological polar surface area (TPSA) is 80.3 Å². The van der Waals surface area contributed by atoms with Crippen LogP contribution in [0.1, 0.15) is 45.1 Å². The Labute approximate surface area is 189 Å². The van der Waals surface area contributed by atoms with E-state index in [9.17, 15) is 9.59 Å². The number of nitrogens with one attached hydrogen (secondary N) is 2. The number of para-hydroxylation sites is 1. The predicted octanol–water partition coefficient (Wildman–Crippen LogP) is 4.65. The van der Waals surface area contributed by atoms with Crippen molar-refractivity contribution in [2.45, 2.75) is 32.1 Å². The average Bonchev–Trinajstić information content (AvgIpc) is 3.35. The molecular weight excluding hydrogens is 430 g/mol. The number of carbonyl (C=O) groups is 2. The number of nitrogens with zero attached hydrogens (tertiary/aromatic N) is 1. The normalized spacial score (nSPS) is 13.5. The van der Waals surface area contributed by atoms with Crippen molar-refractivity contribution in [2.75, 3.05) is 25.6 Å². The second-order valence-corrected chi connectivity index (χ2v) is 9.53. The minimum absolute atomic E-state index is 0.124. The third-order valence-corrected chi connectivity index (χ3v) is 7.34. The molecule has 0 radical (unpaired) electrons. The van der Waals surface area contributed by atoms with Crippen LogP contribution in [0.5, 0.6) is 0 Å². The number of methoxy groups -OCH3 is 1. The van der Waals surface area contributed by atoms with E-state index in [4.69, 9.17) is 4.74 Å². The molecule has 0 bridgehead atoms. The molecule has 0 saturated heterocycles. The first-order valence-corrected chi connectivity index (χ1v) is 12.1. The lowest BCUT2D eigenvalue weighted by Gasteiger charge is -2.13. The van der Waals surface area contributed by atoms with E-state index in [-0.39, 0.29) is 11.8 Å². The lowest BCUT2D eigenvalue weighted by molar-refractivity contribution is -0.111. The number of thiophene rings is 1. The maximum Gasteiger partial charge on any atom is 0.254 e. The van der Waals surface area contributed by atoms with Gasteiger partial charge in [-0.2, -0.15) is 0 Å². The van der Waals surface area contributed by atoms with Crippen LogP contribution in [0.25, 0.3) is 16.3 Å². The number of benzene rings is 1. The summed E-state index contributed by atoms with van der Waals surface area (Å²) in [6.45, 7) is 1.14. The second kappa shape index (κ2) is 10.2. The van der Waals surface area contributed by atoms with Gasteiger partial charge in [0.25, 0.3) is 5.91 Å². The molecule has 0 fully saturated rings. The number of anilines is 1. The maximum atomic E-state index is 12.9. The smallest absolute Gasteiger partial charge is 0.254 e. The molecule has 1 aromatic carbocycles. The van der Waals surface area contributed by atoms with Crippen LogP contribution >= 0.6 is 22.7 Å². The summed E-state index contributed by atoms with van der Waals surface area (Å²) in [5.74, 6) is -0.382. The number of hydrogen-bond acceptors (Lipinski definition) is 6. The average molecular weight is 456 g/mol. The van der Waals surface area contributed by atoms with Crippen LogP contribution in [0.4, 0.5) is 5.00 Å². The summed E-state index contributed by atoms with van der Waals surface area (Å²) in [7, 11) is 1.65. The van der Waals surface area contributed by atoms with Crippen molar-refractivity contribution in [2.24, 2.45) is 0 Å². The van der Waals surface area contributed by atoms with E-state index in [1.165, 1.54) is 33.6 Å². The Hall–Kier alpha value is -2.55. The highest BCUT2D eigenvalue weighted by molar-refractivity contribution is 7.19. The van der Waals surface area contributed by atoms with Crippen LogP contribution in [0.2, 0.25) is 0 Å². The van der Waals surface area contributed by atoms with Gasteiger partial charge in [-0.3, -0.25) is 9.59 Å². The monoisotopic (exact) mass is 455 g/mol. The number of hydrogen-bond donors (Lipinski definition) is 2. The van der Waals surface area contributed by atoms with E-state index in [0.29, 0.717) is 23.7 Å². The lowest BCUT2D eigenvalue weighted by atomic mass is 9.95. The molecule has 0 spiro atoms. The molecule has 0 atom stereocenters. The third kappa shape index (κ3) is 5.20. The van der Waals surface area contributed by atoms with E-state index in [1.807, 2.05) is 24.3 Å². The summed E-state index contributed by atoms with van der Waals surface area (Å²) in [6, 6.07) is 7.89. The van der Waals surface area contributed by atoms with Crippen molar-refractivity contribution in [3.63, 3.8) is 0 Å².